The average molecular weight is 570 g/mol. The predicted molar refractivity (Wildman–Crippen MR) is 138 cm³/mol. The van der Waals surface area contributed by atoms with Crippen LogP contribution in [0.3, 0.4) is 0 Å². The zero-order valence-corrected chi connectivity index (χ0v) is 20.8. The van der Waals surface area contributed by atoms with Gasteiger partial charge in [-0.15, -0.1) is 0 Å². The van der Waals surface area contributed by atoms with Crippen LogP contribution in [0.15, 0.2) is 72.3 Å². The van der Waals surface area contributed by atoms with Gasteiger partial charge in [-0.2, -0.15) is 5.26 Å². The molecule has 0 bridgehead atoms. The second-order valence-electron chi connectivity index (χ2n) is 7.43. The third-order valence-electron chi connectivity index (χ3n) is 5.03. The molecule has 1 N–H and O–H groups in total. The maximum Gasteiger partial charge on any atom is 0.261 e. The Labute approximate surface area is 212 Å². The van der Waals surface area contributed by atoms with Crippen LogP contribution in [-0.4, -0.2) is 19.6 Å². The largest absolute Gasteiger partial charge is 0.493 e. The van der Waals surface area contributed by atoms with E-state index in [2.05, 4.69) is 27.9 Å². The number of nitriles is 1. The molecule has 0 aliphatic rings. The fourth-order valence-electron chi connectivity index (χ4n) is 3.28. The Bertz CT molecular complexity index is 1210. The van der Waals surface area contributed by atoms with E-state index in [0.29, 0.717) is 32.7 Å². The van der Waals surface area contributed by atoms with Crippen molar-refractivity contribution in [1.29, 1.82) is 5.26 Å². The normalized spacial score (nSPS) is 10.9. The first-order valence-electron chi connectivity index (χ1n) is 10.7. The van der Waals surface area contributed by atoms with E-state index in [-0.39, 0.29) is 18.0 Å². The predicted octanol–water partition coefficient (Wildman–Crippen LogP) is 5.67. The van der Waals surface area contributed by atoms with Crippen LogP contribution in [-0.2, 0) is 17.8 Å². The maximum absolute atomic E-state index is 13.9. The lowest BCUT2D eigenvalue weighted by atomic mass is 10.1. The van der Waals surface area contributed by atoms with Gasteiger partial charge in [-0.25, -0.2) is 4.39 Å². The van der Waals surface area contributed by atoms with Crippen LogP contribution in [0.1, 0.15) is 23.1 Å². The Hall–Kier alpha value is -3.38. The highest BCUT2D eigenvalue weighted by Gasteiger charge is 2.14. The van der Waals surface area contributed by atoms with Crippen LogP contribution in [0.2, 0.25) is 0 Å². The van der Waals surface area contributed by atoms with E-state index in [4.69, 9.17) is 9.47 Å². The van der Waals surface area contributed by atoms with E-state index in [1.807, 2.05) is 36.4 Å². The summed E-state index contributed by atoms with van der Waals surface area (Å²) in [4.78, 5) is 12.5. The first kappa shape index (κ1) is 25.2. The van der Waals surface area contributed by atoms with Gasteiger partial charge in [-0.1, -0.05) is 48.5 Å². The summed E-state index contributed by atoms with van der Waals surface area (Å²) in [5.41, 5.74) is 2.25. The van der Waals surface area contributed by atoms with Crippen molar-refractivity contribution in [2.24, 2.45) is 0 Å². The maximum atomic E-state index is 13.9. The number of halogens is 2. The van der Waals surface area contributed by atoms with Gasteiger partial charge in [0.1, 0.15) is 24.1 Å². The first-order valence-corrected chi connectivity index (χ1v) is 11.8. The minimum Gasteiger partial charge on any atom is -0.493 e. The highest BCUT2D eigenvalue weighted by molar-refractivity contribution is 14.1. The van der Waals surface area contributed by atoms with Gasteiger partial charge in [-0.3, -0.25) is 4.79 Å². The standard InChI is InChI=1S/C27H24FIN2O3/c1-33-25-16-20(15-24(29)26(25)34-18-21-11-5-6-12-23(21)28)14-22(17-30)27(32)31-13-7-10-19-8-3-2-4-9-19/h2-6,8-9,11-12,14-16H,7,10,13,18H2,1H3,(H,31,32)/b22-14-. The van der Waals surface area contributed by atoms with Gasteiger partial charge in [0.25, 0.3) is 5.91 Å². The molecule has 0 unspecified atom stereocenters. The van der Waals surface area contributed by atoms with Gasteiger partial charge in [0.05, 0.1) is 10.7 Å². The molecule has 0 saturated carbocycles. The lowest BCUT2D eigenvalue weighted by Crippen LogP contribution is -2.25. The topological polar surface area (TPSA) is 71.3 Å². The van der Waals surface area contributed by atoms with Gasteiger partial charge in [-0.05, 0) is 70.8 Å². The molecule has 34 heavy (non-hydrogen) atoms. The van der Waals surface area contributed by atoms with Crippen LogP contribution in [0.25, 0.3) is 6.08 Å². The fraction of sp³-hybridized carbons (Fsp3) is 0.185. The van der Waals surface area contributed by atoms with Crippen molar-refractivity contribution in [2.75, 3.05) is 13.7 Å². The second-order valence-corrected chi connectivity index (χ2v) is 8.59. The molecule has 0 aliphatic heterocycles. The van der Waals surface area contributed by atoms with Crippen molar-refractivity contribution in [3.63, 3.8) is 0 Å². The number of rotatable bonds is 10. The molecule has 0 fully saturated rings. The number of nitrogens with zero attached hydrogens (tertiary/aromatic N) is 1. The van der Waals surface area contributed by atoms with E-state index < -0.39 is 5.91 Å². The van der Waals surface area contributed by atoms with Crippen molar-refractivity contribution < 1.29 is 18.7 Å². The van der Waals surface area contributed by atoms with Crippen molar-refractivity contribution in [3.8, 4) is 17.6 Å². The third-order valence-corrected chi connectivity index (χ3v) is 5.83. The van der Waals surface area contributed by atoms with Gasteiger partial charge >= 0.3 is 0 Å². The minimum atomic E-state index is -0.426. The van der Waals surface area contributed by atoms with Gasteiger partial charge in [0.15, 0.2) is 11.5 Å². The number of carbonyl (C=O) groups excluding carboxylic acids is 1. The van der Waals surface area contributed by atoms with Crippen molar-refractivity contribution in [1.82, 2.24) is 5.32 Å². The van der Waals surface area contributed by atoms with Crippen LogP contribution in [0.4, 0.5) is 4.39 Å². The number of amides is 1. The van der Waals surface area contributed by atoms with E-state index in [1.54, 1.807) is 30.3 Å². The summed E-state index contributed by atoms with van der Waals surface area (Å²) < 4.78 is 25.9. The third kappa shape index (κ3) is 7.06. The molecule has 174 valence electrons. The fourth-order valence-corrected chi connectivity index (χ4v) is 4.06. The Morgan fingerprint density at radius 3 is 2.59 bits per heavy atom. The number of carbonyl (C=O) groups is 1. The second kappa shape index (κ2) is 12.8. The Morgan fingerprint density at radius 2 is 1.88 bits per heavy atom. The molecule has 0 heterocycles. The summed E-state index contributed by atoms with van der Waals surface area (Å²) in [6, 6.07) is 21.8. The lowest BCUT2D eigenvalue weighted by Gasteiger charge is -2.14. The van der Waals surface area contributed by atoms with E-state index in [9.17, 15) is 14.4 Å². The summed E-state index contributed by atoms with van der Waals surface area (Å²) in [6.07, 6.45) is 3.13. The summed E-state index contributed by atoms with van der Waals surface area (Å²) in [7, 11) is 1.50. The first-order chi connectivity index (χ1) is 16.5. The molecule has 0 saturated heterocycles. The van der Waals surface area contributed by atoms with Crippen molar-refractivity contribution in [2.45, 2.75) is 19.4 Å². The highest BCUT2D eigenvalue weighted by Crippen LogP contribution is 2.35. The van der Waals surface area contributed by atoms with Gasteiger partial charge < -0.3 is 14.8 Å². The average Bonchev–Trinajstić information content (AvgIpc) is 2.85. The van der Waals surface area contributed by atoms with Crippen LogP contribution in [0.5, 0.6) is 11.5 Å². The number of benzene rings is 3. The van der Waals surface area contributed by atoms with Crippen LogP contribution in [0, 0.1) is 20.7 Å². The minimum absolute atomic E-state index is 0.00223. The monoisotopic (exact) mass is 570 g/mol. The highest BCUT2D eigenvalue weighted by atomic mass is 127. The Balaban J connectivity index is 1.66. The molecule has 3 aromatic carbocycles. The Morgan fingerprint density at radius 1 is 1.15 bits per heavy atom. The van der Waals surface area contributed by atoms with E-state index >= 15 is 0 Å². The van der Waals surface area contributed by atoms with E-state index in [0.717, 1.165) is 12.8 Å². The molecule has 1 amide bonds. The van der Waals surface area contributed by atoms with E-state index in [1.165, 1.54) is 24.8 Å². The summed E-state index contributed by atoms with van der Waals surface area (Å²) in [6.45, 7) is 0.513. The number of hydrogen-bond donors (Lipinski definition) is 1. The summed E-state index contributed by atoms with van der Waals surface area (Å²) in [5.74, 6) is 0.122. The molecule has 3 aromatic rings. The molecule has 0 aromatic heterocycles. The molecule has 0 spiro atoms. The van der Waals surface area contributed by atoms with Crippen LogP contribution >= 0.6 is 22.6 Å². The number of aryl methyl sites for hydroxylation is 1. The molecule has 5 nitrogen and oxygen atoms in total. The number of methoxy groups -OCH3 is 1. The molecule has 0 atom stereocenters. The number of hydrogen-bond acceptors (Lipinski definition) is 4. The SMILES string of the molecule is COc1cc(/C=C(/C#N)C(=O)NCCCc2ccccc2)cc(I)c1OCc1ccccc1F. The van der Waals surface area contributed by atoms with Crippen molar-refractivity contribution >= 4 is 34.6 Å². The summed E-state index contributed by atoms with van der Waals surface area (Å²) >= 11 is 2.08. The van der Waals surface area contributed by atoms with Crippen LogP contribution < -0.4 is 14.8 Å². The molecule has 3 rings (SSSR count). The molecule has 7 heteroatoms. The molecular weight excluding hydrogens is 546 g/mol. The van der Waals surface area contributed by atoms with Gasteiger partial charge in [0, 0.05) is 12.1 Å². The van der Waals surface area contributed by atoms with Crippen molar-refractivity contribution in [3.05, 3.63) is 98.4 Å². The molecular formula is C27H24FIN2O3. The zero-order valence-electron chi connectivity index (χ0n) is 18.7. The quantitative estimate of drug-likeness (QED) is 0.148. The zero-order chi connectivity index (χ0) is 24.3. The molecule has 0 radical (unpaired) electrons. The Kier molecular flexibility index (Phi) is 9.47. The van der Waals surface area contributed by atoms with Gasteiger partial charge in [0.2, 0.25) is 0 Å². The summed E-state index contributed by atoms with van der Waals surface area (Å²) in [5, 5.41) is 12.3. The smallest absolute Gasteiger partial charge is 0.261 e. The molecule has 0 aliphatic carbocycles. The number of ether oxygens (including phenoxy) is 2. The lowest BCUT2D eigenvalue weighted by molar-refractivity contribution is -0.117. The number of nitrogens with one attached hydrogen (secondary N) is 1.